The Bertz CT molecular complexity index is 172. The number of hydrogen-bond donors (Lipinski definition) is 0. The summed E-state index contributed by atoms with van der Waals surface area (Å²) in [7, 11) is 1.47. The maximum Gasteiger partial charge on any atom is 0.492 e. The first-order valence-electron chi connectivity index (χ1n) is 4.94. The highest BCUT2D eigenvalue weighted by Gasteiger charge is 2.25. The molecule has 0 aliphatic heterocycles. The van der Waals surface area contributed by atoms with E-state index in [1.54, 1.807) is 0 Å². The lowest BCUT2D eigenvalue weighted by molar-refractivity contribution is 0.105. The van der Waals surface area contributed by atoms with E-state index >= 15 is 0 Å². The zero-order chi connectivity index (χ0) is 10.6. The highest BCUT2D eigenvalue weighted by atomic mass is 19.4. The van der Waals surface area contributed by atoms with Gasteiger partial charge >= 0.3 is 6.98 Å². The number of rotatable bonds is 7. The van der Waals surface area contributed by atoms with E-state index in [0.717, 1.165) is 0 Å². The minimum absolute atomic E-state index is 0.355. The van der Waals surface area contributed by atoms with Crippen LogP contribution in [0.2, 0.25) is 0 Å². The van der Waals surface area contributed by atoms with Gasteiger partial charge in [0, 0.05) is 13.2 Å². The molecule has 0 spiro atoms. The molecule has 1 saturated carbocycles. The van der Waals surface area contributed by atoms with Crippen molar-refractivity contribution in [3.05, 3.63) is 0 Å². The second-order valence-electron chi connectivity index (χ2n) is 3.99. The molecule has 2 nitrogen and oxygen atoms in total. The third kappa shape index (κ3) is 6.26. The molecule has 0 N–H and O–H groups in total. The van der Waals surface area contributed by atoms with Crippen molar-refractivity contribution in [2.45, 2.75) is 12.8 Å². The van der Waals surface area contributed by atoms with E-state index in [0.29, 0.717) is 25.7 Å². The van der Waals surface area contributed by atoms with Crippen LogP contribution in [0.5, 0.6) is 0 Å². The monoisotopic (exact) mass is 210 g/mol. The molecule has 14 heavy (non-hydrogen) atoms. The van der Waals surface area contributed by atoms with Crippen molar-refractivity contribution in [1.82, 2.24) is 4.90 Å². The van der Waals surface area contributed by atoms with Crippen molar-refractivity contribution in [3.8, 4) is 0 Å². The van der Waals surface area contributed by atoms with Gasteiger partial charge in [0.2, 0.25) is 0 Å². The normalized spacial score (nSPS) is 17.8. The van der Waals surface area contributed by atoms with Crippen LogP contribution in [-0.2, 0) is 4.74 Å². The summed E-state index contributed by atoms with van der Waals surface area (Å²) in [6.07, 6.45) is 1.62. The van der Waals surface area contributed by atoms with Gasteiger partial charge in [-0.3, -0.25) is 0 Å². The summed E-state index contributed by atoms with van der Waals surface area (Å²) in [5.74, 6) is 0.673. The molecular formula is C8H16BF3NO-. The Morgan fingerprint density at radius 3 is 2.50 bits per heavy atom. The number of nitrogens with zero attached hydrogens (tertiary/aromatic N) is 1. The van der Waals surface area contributed by atoms with Gasteiger partial charge in [0.15, 0.2) is 0 Å². The SMILES string of the molecule is CN(CCOCC1CC1)C[B-](F)(F)F. The zero-order valence-electron chi connectivity index (χ0n) is 8.39. The molecule has 0 unspecified atom stereocenters. The fraction of sp³-hybridized carbons (Fsp3) is 1.00. The molecule has 1 rings (SSSR count). The molecule has 0 heterocycles. The first-order chi connectivity index (χ1) is 6.47. The van der Waals surface area contributed by atoms with Crippen LogP contribution in [-0.4, -0.2) is 45.1 Å². The summed E-state index contributed by atoms with van der Waals surface area (Å²) in [5.41, 5.74) is 0. The quantitative estimate of drug-likeness (QED) is 0.468. The fourth-order valence-corrected chi connectivity index (χ4v) is 1.20. The molecule has 84 valence electrons. The molecule has 0 aromatic carbocycles. The van der Waals surface area contributed by atoms with Crippen LogP contribution in [0, 0.1) is 5.92 Å². The van der Waals surface area contributed by atoms with Gasteiger partial charge in [0.25, 0.3) is 0 Å². The van der Waals surface area contributed by atoms with Crippen LogP contribution in [0.4, 0.5) is 12.9 Å². The van der Waals surface area contributed by atoms with Crippen LogP contribution >= 0.6 is 0 Å². The molecule has 0 atom stereocenters. The topological polar surface area (TPSA) is 12.5 Å². The lowest BCUT2D eigenvalue weighted by atomic mass is 9.91. The first-order valence-corrected chi connectivity index (χ1v) is 4.94. The lowest BCUT2D eigenvalue weighted by Crippen LogP contribution is -2.37. The average molecular weight is 210 g/mol. The van der Waals surface area contributed by atoms with Crippen LogP contribution in [0.15, 0.2) is 0 Å². The molecule has 1 aliphatic carbocycles. The molecule has 0 amide bonds. The summed E-state index contributed by atoms with van der Waals surface area (Å²) in [6, 6.07) is 0. The second-order valence-corrected chi connectivity index (χ2v) is 3.99. The number of hydrogen-bond acceptors (Lipinski definition) is 2. The zero-order valence-corrected chi connectivity index (χ0v) is 8.39. The summed E-state index contributed by atoms with van der Waals surface area (Å²) in [5, 5.41) is 0. The maximum atomic E-state index is 11.9. The molecule has 0 aromatic heterocycles. The molecule has 0 bridgehead atoms. The van der Waals surface area contributed by atoms with Crippen molar-refractivity contribution in [1.29, 1.82) is 0 Å². The second kappa shape index (κ2) is 5.02. The summed E-state index contributed by atoms with van der Waals surface area (Å²) in [6.45, 7) is -3.23. The summed E-state index contributed by atoms with van der Waals surface area (Å²) in [4.78, 5) is 1.26. The Kier molecular flexibility index (Phi) is 4.25. The van der Waals surface area contributed by atoms with E-state index in [2.05, 4.69) is 0 Å². The van der Waals surface area contributed by atoms with Gasteiger partial charge in [-0.05, 0) is 32.3 Å². The van der Waals surface area contributed by atoms with Gasteiger partial charge in [-0.25, -0.2) is 0 Å². The Hall–Kier alpha value is -0.225. The minimum atomic E-state index is -4.70. The van der Waals surface area contributed by atoms with Gasteiger partial charge in [-0.1, -0.05) is 0 Å². The van der Waals surface area contributed by atoms with Crippen molar-refractivity contribution < 1.29 is 17.7 Å². The van der Waals surface area contributed by atoms with Gasteiger partial charge in [0.1, 0.15) is 0 Å². The fourth-order valence-electron chi connectivity index (χ4n) is 1.20. The number of halogens is 3. The van der Waals surface area contributed by atoms with E-state index in [1.165, 1.54) is 24.8 Å². The molecule has 0 saturated heterocycles. The highest BCUT2D eigenvalue weighted by Crippen LogP contribution is 2.28. The Balaban J connectivity index is 1.93. The predicted molar refractivity (Wildman–Crippen MR) is 50.1 cm³/mol. The highest BCUT2D eigenvalue weighted by molar-refractivity contribution is 6.58. The largest absolute Gasteiger partial charge is 0.492 e. The van der Waals surface area contributed by atoms with Crippen LogP contribution in [0.1, 0.15) is 12.8 Å². The molecular weight excluding hydrogens is 194 g/mol. The molecule has 6 heteroatoms. The van der Waals surface area contributed by atoms with Crippen LogP contribution in [0.3, 0.4) is 0 Å². The van der Waals surface area contributed by atoms with Crippen molar-refractivity contribution in [2.75, 3.05) is 33.3 Å². The Labute approximate surface area is 82.5 Å². The lowest BCUT2D eigenvalue weighted by Gasteiger charge is -2.23. The smallest absolute Gasteiger partial charge is 0.448 e. The van der Waals surface area contributed by atoms with Crippen molar-refractivity contribution in [3.63, 3.8) is 0 Å². The third-order valence-corrected chi connectivity index (χ3v) is 2.19. The first kappa shape index (κ1) is 11.8. The van der Waals surface area contributed by atoms with Gasteiger partial charge < -0.3 is 22.6 Å². The van der Waals surface area contributed by atoms with E-state index in [4.69, 9.17) is 4.74 Å². The predicted octanol–water partition coefficient (Wildman–Crippen LogP) is 1.73. The van der Waals surface area contributed by atoms with Crippen molar-refractivity contribution >= 4 is 6.98 Å². The van der Waals surface area contributed by atoms with E-state index in [1.807, 2.05) is 0 Å². The van der Waals surface area contributed by atoms with Gasteiger partial charge in [0.05, 0.1) is 6.61 Å². The maximum absolute atomic E-state index is 11.9. The minimum Gasteiger partial charge on any atom is -0.448 e. The Morgan fingerprint density at radius 2 is 2.00 bits per heavy atom. The standard InChI is InChI=1S/C8H16BF3NO/c1-13(7-9(10,11)12)4-5-14-6-8-2-3-8/h8H,2-7H2,1H3/q-1. The number of likely N-dealkylation sites (N-methyl/N-ethyl adjacent to an activating group) is 1. The van der Waals surface area contributed by atoms with E-state index in [-0.39, 0.29) is 0 Å². The third-order valence-electron chi connectivity index (χ3n) is 2.19. The average Bonchev–Trinajstić information content (AvgIpc) is 2.77. The van der Waals surface area contributed by atoms with E-state index in [9.17, 15) is 12.9 Å². The van der Waals surface area contributed by atoms with Crippen LogP contribution in [0.25, 0.3) is 0 Å². The number of ether oxygens (including phenoxy) is 1. The Morgan fingerprint density at radius 1 is 1.36 bits per heavy atom. The summed E-state index contributed by atoms with van der Waals surface area (Å²) < 4.78 is 41.0. The summed E-state index contributed by atoms with van der Waals surface area (Å²) >= 11 is 0. The van der Waals surface area contributed by atoms with Gasteiger partial charge in [-0.2, -0.15) is 0 Å². The molecule has 0 aromatic rings. The molecule has 1 aliphatic rings. The molecule has 1 fully saturated rings. The van der Waals surface area contributed by atoms with Crippen molar-refractivity contribution in [2.24, 2.45) is 5.92 Å². The molecule has 0 radical (unpaired) electrons. The van der Waals surface area contributed by atoms with Gasteiger partial charge in [-0.15, -0.1) is 0 Å². The van der Waals surface area contributed by atoms with Crippen LogP contribution < -0.4 is 0 Å². The van der Waals surface area contributed by atoms with E-state index < -0.39 is 13.4 Å².